The topological polar surface area (TPSA) is 78.5 Å². The van der Waals surface area contributed by atoms with Crippen molar-refractivity contribution < 1.29 is 14.4 Å². The molecule has 150 valence electrons. The second kappa shape index (κ2) is 9.68. The average Bonchev–Trinajstić information content (AvgIpc) is 2.73. The van der Waals surface area contributed by atoms with Crippen molar-refractivity contribution in [3.63, 3.8) is 0 Å². The molecule has 0 saturated carbocycles. The highest BCUT2D eigenvalue weighted by Crippen LogP contribution is 2.17. The average molecular weight is 391 g/mol. The zero-order valence-corrected chi connectivity index (χ0v) is 16.4. The van der Waals surface area contributed by atoms with Gasteiger partial charge in [0.15, 0.2) is 0 Å². The van der Waals surface area contributed by atoms with E-state index < -0.39 is 0 Å². The molecule has 1 saturated heterocycles. The number of carbonyl (C=O) groups is 3. The van der Waals surface area contributed by atoms with Gasteiger partial charge < -0.3 is 15.5 Å². The Morgan fingerprint density at radius 3 is 2.41 bits per heavy atom. The van der Waals surface area contributed by atoms with Gasteiger partial charge in [-0.1, -0.05) is 36.4 Å². The van der Waals surface area contributed by atoms with Gasteiger partial charge in [0.25, 0.3) is 5.91 Å². The number of likely N-dealkylation sites (tertiary alicyclic amines) is 1. The first-order valence-electron chi connectivity index (χ1n) is 9.72. The van der Waals surface area contributed by atoms with E-state index in [9.17, 15) is 14.4 Å². The fourth-order valence-electron chi connectivity index (χ4n) is 3.33. The molecule has 2 N–H and O–H groups in total. The molecule has 3 amide bonds. The van der Waals surface area contributed by atoms with Gasteiger partial charge >= 0.3 is 0 Å². The molecule has 2 aromatic carbocycles. The van der Waals surface area contributed by atoms with Crippen LogP contribution in [0.1, 0.15) is 35.7 Å². The summed E-state index contributed by atoms with van der Waals surface area (Å²) in [6, 6.07) is 16.7. The lowest BCUT2D eigenvalue weighted by molar-refractivity contribution is -0.117. The molecule has 0 spiro atoms. The largest absolute Gasteiger partial charge is 0.350 e. The predicted octanol–water partition coefficient (Wildman–Crippen LogP) is 3.08. The summed E-state index contributed by atoms with van der Waals surface area (Å²) in [5.74, 6) is -0.361. The van der Waals surface area contributed by atoms with Crippen LogP contribution in [-0.4, -0.2) is 41.8 Å². The van der Waals surface area contributed by atoms with Crippen LogP contribution in [0, 0.1) is 0 Å². The first kappa shape index (κ1) is 20.3. The highest BCUT2D eigenvalue weighted by Gasteiger charge is 2.24. The van der Waals surface area contributed by atoms with Crippen LogP contribution in [0.3, 0.4) is 0 Å². The Morgan fingerprint density at radius 1 is 1.00 bits per heavy atom. The summed E-state index contributed by atoms with van der Waals surface area (Å²) in [5, 5.41) is 5.70. The van der Waals surface area contributed by atoms with Crippen molar-refractivity contribution >= 4 is 29.5 Å². The number of benzene rings is 2. The van der Waals surface area contributed by atoms with Gasteiger partial charge in [-0.2, -0.15) is 0 Å². The van der Waals surface area contributed by atoms with E-state index in [0.29, 0.717) is 37.2 Å². The van der Waals surface area contributed by atoms with Gasteiger partial charge in [0, 0.05) is 43.4 Å². The van der Waals surface area contributed by atoms with E-state index in [0.717, 1.165) is 5.56 Å². The van der Waals surface area contributed by atoms with Crippen LogP contribution in [0.15, 0.2) is 60.7 Å². The van der Waals surface area contributed by atoms with Crippen LogP contribution < -0.4 is 10.6 Å². The van der Waals surface area contributed by atoms with E-state index in [1.807, 2.05) is 30.3 Å². The first-order valence-corrected chi connectivity index (χ1v) is 9.72. The predicted molar refractivity (Wildman–Crippen MR) is 113 cm³/mol. The molecule has 0 unspecified atom stereocenters. The molecular formula is C23H25N3O3. The van der Waals surface area contributed by atoms with Crippen LogP contribution in [-0.2, 0) is 9.59 Å². The van der Waals surface area contributed by atoms with E-state index in [-0.39, 0.29) is 23.8 Å². The van der Waals surface area contributed by atoms with Gasteiger partial charge in [-0.25, -0.2) is 0 Å². The number of amides is 3. The summed E-state index contributed by atoms with van der Waals surface area (Å²) < 4.78 is 0. The highest BCUT2D eigenvalue weighted by atomic mass is 16.2. The van der Waals surface area contributed by atoms with Gasteiger partial charge in [0.2, 0.25) is 11.8 Å². The van der Waals surface area contributed by atoms with Crippen molar-refractivity contribution in [2.75, 3.05) is 18.4 Å². The SMILES string of the molecule is CC(=O)Nc1cccc(C(=O)N2CCC(NC(=O)/C=C/c3ccccc3)CC2)c1. The summed E-state index contributed by atoms with van der Waals surface area (Å²) in [7, 11) is 0. The van der Waals surface area contributed by atoms with Crippen LogP contribution in [0.25, 0.3) is 6.08 Å². The van der Waals surface area contributed by atoms with Crippen LogP contribution >= 0.6 is 0 Å². The third kappa shape index (κ3) is 6.04. The molecule has 1 aliphatic heterocycles. The van der Waals surface area contributed by atoms with Crippen LogP contribution in [0.4, 0.5) is 5.69 Å². The normalized spacial score (nSPS) is 14.6. The Hall–Kier alpha value is -3.41. The molecule has 6 nitrogen and oxygen atoms in total. The number of nitrogens with zero attached hydrogens (tertiary/aromatic N) is 1. The minimum Gasteiger partial charge on any atom is -0.350 e. The molecule has 0 bridgehead atoms. The van der Waals surface area contributed by atoms with Crippen molar-refractivity contribution in [3.8, 4) is 0 Å². The number of hydrogen-bond donors (Lipinski definition) is 2. The lowest BCUT2D eigenvalue weighted by atomic mass is 10.0. The standard InChI is InChI=1S/C23H25N3O3/c1-17(27)24-21-9-5-8-19(16-21)23(29)26-14-12-20(13-15-26)25-22(28)11-10-18-6-3-2-4-7-18/h2-11,16,20H,12-15H2,1H3,(H,24,27)(H,25,28)/b11-10+. The smallest absolute Gasteiger partial charge is 0.253 e. The van der Waals surface area contributed by atoms with Crippen LogP contribution in [0.2, 0.25) is 0 Å². The number of piperidine rings is 1. The Labute approximate surface area is 170 Å². The van der Waals surface area contributed by atoms with Gasteiger partial charge in [-0.05, 0) is 42.7 Å². The maximum Gasteiger partial charge on any atom is 0.253 e. The van der Waals surface area contributed by atoms with E-state index in [1.54, 1.807) is 41.3 Å². The molecule has 1 heterocycles. The minimum absolute atomic E-state index is 0.0534. The Balaban J connectivity index is 1.50. The number of rotatable bonds is 5. The summed E-state index contributed by atoms with van der Waals surface area (Å²) in [6.07, 6.45) is 4.75. The molecule has 0 aliphatic carbocycles. The molecule has 2 aromatic rings. The summed E-state index contributed by atoms with van der Waals surface area (Å²) in [6.45, 7) is 2.59. The van der Waals surface area contributed by atoms with Gasteiger partial charge in [0.05, 0.1) is 0 Å². The first-order chi connectivity index (χ1) is 14.0. The molecule has 29 heavy (non-hydrogen) atoms. The molecule has 1 aliphatic rings. The van der Waals surface area contributed by atoms with Crippen molar-refractivity contribution in [2.45, 2.75) is 25.8 Å². The third-order valence-electron chi connectivity index (χ3n) is 4.79. The monoisotopic (exact) mass is 391 g/mol. The fourth-order valence-corrected chi connectivity index (χ4v) is 3.33. The van der Waals surface area contributed by atoms with Crippen molar-refractivity contribution in [3.05, 3.63) is 71.8 Å². The summed E-state index contributed by atoms with van der Waals surface area (Å²) >= 11 is 0. The maximum absolute atomic E-state index is 12.7. The summed E-state index contributed by atoms with van der Waals surface area (Å²) in [4.78, 5) is 37.9. The van der Waals surface area contributed by atoms with Crippen molar-refractivity contribution in [1.82, 2.24) is 10.2 Å². The fraction of sp³-hybridized carbons (Fsp3) is 0.261. The second-order valence-electron chi connectivity index (χ2n) is 7.08. The lowest BCUT2D eigenvalue weighted by Crippen LogP contribution is -2.46. The molecule has 1 fully saturated rings. The van der Waals surface area contributed by atoms with Gasteiger partial charge in [-0.15, -0.1) is 0 Å². The zero-order valence-electron chi connectivity index (χ0n) is 16.4. The summed E-state index contributed by atoms with van der Waals surface area (Å²) in [5.41, 5.74) is 2.13. The Bertz CT molecular complexity index is 901. The Kier molecular flexibility index (Phi) is 6.79. The van der Waals surface area contributed by atoms with Crippen molar-refractivity contribution in [2.24, 2.45) is 0 Å². The minimum atomic E-state index is -0.174. The van der Waals surface area contributed by atoms with E-state index in [4.69, 9.17) is 0 Å². The molecule has 0 atom stereocenters. The highest BCUT2D eigenvalue weighted by molar-refractivity contribution is 5.97. The number of hydrogen-bond acceptors (Lipinski definition) is 3. The molecular weight excluding hydrogens is 366 g/mol. The zero-order chi connectivity index (χ0) is 20.6. The number of anilines is 1. The molecule has 3 rings (SSSR count). The number of carbonyl (C=O) groups excluding carboxylic acids is 3. The Morgan fingerprint density at radius 2 is 1.72 bits per heavy atom. The molecule has 0 radical (unpaired) electrons. The van der Waals surface area contributed by atoms with E-state index >= 15 is 0 Å². The quantitative estimate of drug-likeness (QED) is 0.769. The molecule has 6 heteroatoms. The third-order valence-corrected chi connectivity index (χ3v) is 4.79. The number of nitrogens with one attached hydrogen (secondary N) is 2. The second-order valence-corrected chi connectivity index (χ2v) is 7.08. The van der Waals surface area contributed by atoms with Gasteiger partial charge in [0.1, 0.15) is 0 Å². The van der Waals surface area contributed by atoms with Crippen LogP contribution in [0.5, 0.6) is 0 Å². The van der Waals surface area contributed by atoms with Crippen molar-refractivity contribution in [1.29, 1.82) is 0 Å². The molecule has 0 aromatic heterocycles. The van der Waals surface area contributed by atoms with E-state index in [1.165, 1.54) is 6.92 Å². The maximum atomic E-state index is 12.7. The van der Waals surface area contributed by atoms with Gasteiger partial charge in [-0.3, -0.25) is 14.4 Å². The van der Waals surface area contributed by atoms with E-state index in [2.05, 4.69) is 10.6 Å². The lowest BCUT2D eigenvalue weighted by Gasteiger charge is -2.32.